The first kappa shape index (κ1) is 20.7. The number of benzene rings is 3. The number of amides is 1. The van der Waals surface area contributed by atoms with Crippen molar-refractivity contribution in [2.45, 2.75) is 13.5 Å². The van der Waals surface area contributed by atoms with Crippen LogP contribution in [0.25, 0.3) is 0 Å². The molecule has 0 bridgehead atoms. The standard InChI is InChI=1S/C23H20N2O5/c1-17-8-7-11-19(14-17)24(15-18-9-3-2-4-10-18)22(26)16-30-23(27)20-12-5-6-13-21(20)25(28)29/h2-14H,15-16H2,1H3. The fraction of sp³-hybridized carbons (Fsp3) is 0.130. The minimum atomic E-state index is -0.917. The second kappa shape index (κ2) is 9.47. The summed E-state index contributed by atoms with van der Waals surface area (Å²) >= 11 is 0. The lowest BCUT2D eigenvalue weighted by Gasteiger charge is -2.23. The Bertz CT molecular complexity index is 1070. The highest BCUT2D eigenvalue weighted by Gasteiger charge is 2.23. The zero-order valence-electron chi connectivity index (χ0n) is 16.4. The Morgan fingerprint density at radius 2 is 1.67 bits per heavy atom. The lowest BCUT2D eigenvalue weighted by Crippen LogP contribution is -2.34. The second-order valence-electron chi connectivity index (χ2n) is 6.65. The Balaban J connectivity index is 1.78. The van der Waals surface area contributed by atoms with Gasteiger partial charge in [0.05, 0.1) is 11.5 Å². The summed E-state index contributed by atoms with van der Waals surface area (Å²) in [5.41, 5.74) is 2.01. The van der Waals surface area contributed by atoms with Gasteiger partial charge in [-0.3, -0.25) is 14.9 Å². The van der Waals surface area contributed by atoms with Gasteiger partial charge in [0.25, 0.3) is 11.6 Å². The molecule has 1 amide bonds. The number of carbonyl (C=O) groups excluding carboxylic acids is 2. The van der Waals surface area contributed by atoms with Crippen molar-refractivity contribution >= 4 is 23.3 Å². The third-order valence-electron chi connectivity index (χ3n) is 4.45. The van der Waals surface area contributed by atoms with Crippen LogP contribution in [0.2, 0.25) is 0 Å². The van der Waals surface area contributed by atoms with Crippen LogP contribution in [-0.2, 0) is 16.1 Å². The summed E-state index contributed by atoms with van der Waals surface area (Å²) in [4.78, 5) is 37.3. The number of hydrogen-bond donors (Lipinski definition) is 0. The number of nitro benzene ring substituents is 1. The molecule has 30 heavy (non-hydrogen) atoms. The van der Waals surface area contributed by atoms with E-state index in [1.165, 1.54) is 29.2 Å². The van der Waals surface area contributed by atoms with Crippen molar-refractivity contribution in [2.75, 3.05) is 11.5 Å². The molecule has 0 aliphatic rings. The van der Waals surface area contributed by atoms with Crippen molar-refractivity contribution in [3.63, 3.8) is 0 Å². The number of anilines is 1. The van der Waals surface area contributed by atoms with Crippen molar-refractivity contribution in [3.05, 3.63) is 106 Å². The van der Waals surface area contributed by atoms with E-state index in [-0.39, 0.29) is 11.3 Å². The van der Waals surface area contributed by atoms with Crippen molar-refractivity contribution in [1.82, 2.24) is 0 Å². The summed E-state index contributed by atoms with van der Waals surface area (Å²) in [6, 6.07) is 22.3. The zero-order chi connectivity index (χ0) is 21.5. The summed E-state index contributed by atoms with van der Waals surface area (Å²) in [6.07, 6.45) is 0. The number of hydrogen-bond acceptors (Lipinski definition) is 5. The smallest absolute Gasteiger partial charge is 0.345 e. The van der Waals surface area contributed by atoms with E-state index in [0.717, 1.165) is 11.1 Å². The van der Waals surface area contributed by atoms with Crippen LogP contribution in [0.4, 0.5) is 11.4 Å². The Kier molecular flexibility index (Phi) is 6.54. The van der Waals surface area contributed by atoms with Crippen molar-refractivity contribution < 1.29 is 19.2 Å². The van der Waals surface area contributed by atoms with Gasteiger partial charge in [0.15, 0.2) is 6.61 Å². The van der Waals surface area contributed by atoms with Gasteiger partial charge in [0, 0.05) is 11.8 Å². The highest BCUT2D eigenvalue weighted by atomic mass is 16.6. The van der Waals surface area contributed by atoms with Gasteiger partial charge in [-0.1, -0.05) is 54.6 Å². The molecule has 3 rings (SSSR count). The highest BCUT2D eigenvalue weighted by molar-refractivity contribution is 5.98. The minimum absolute atomic E-state index is 0.194. The predicted molar refractivity (Wildman–Crippen MR) is 112 cm³/mol. The molecule has 0 N–H and O–H groups in total. The van der Waals surface area contributed by atoms with Gasteiger partial charge in [0.1, 0.15) is 5.56 Å². The average Bonchev–Trinajstić information content (AvgIpc) is 2.76. The molecular weight excluding hydrogens is 384 g/mol. The first-order valence-electron chi connectivity index (χ1n) is 9.27. The number of nitrogens with zero attached hydrogens (tertiary/aromatic N) is 2. The fourth-order valence-electron chi connectivity index (χ4n) is 2.97. The number of esters is 1. The maximum atomic E-state index is 12.9. The van der Waals surface area contributed by atoms with Crippen molar-refractivity contribution in [3.8, 4) is 0 Å². The van der Waals surface area contributed by atoms with Crippen LogP contribution in [0.1, 0.15) is 21.5 Å². The molecule has 0 fully saturated rings. The number of nitro groups is 1. The number of carbonyl (C=O) groups is 2. The number of aryl methyl sites for hydroxylation is 1. The first-order chi connectivity index (χ1) is 14.5. The van der Waals surface area contributed by atoms with Crippen LogP contribution in [0.15, 0.2) is 78.9 Å². The zero-order valence-corrected chi connectivity index (χ0v) is 16.4. The Hall–Kier alpha value is -4.00. The van der Waals surface area contributed by atoms with E-state index in [1.54, 1.807) is 6.07 Å². The maximum absolute atomic E-state index is 12.9. The van der Waals surface area contributed by atoms with Crippen LogP contribution >= 0.6 is 0 Å². The van der Waals surface area contributed by atoms with Gasteiger partial charge >= 0.3 is 5.97 Å². The van der Waals surface area contributed by atoms with Gasteiger partial charge in [-0.25, -0.2) is 4.79 Å². The number of rotatable bonds is 7. The van der Waals surface area contributed by atoms with Gasteiger partial charge in [0.2, 0.25) is 0 Å². The van der Waals surface area contributed by atoms with Crippen molar-refractivity contribution in [1.29, 1.82) is 0 Å². The molecule has 0 unspecified atom stereocenters. The molecule has 0 saturated carbocycles. The molecule has 0 spiro atoms. The van der Waals surface area contributed by atoms with Gasteiger partial charge in [-0.15, -0.1) is 0 Å². The molecule has 0 aliphatic carbocycles. The monoisotopic (exact) mass is 404 g/mol. The van der Waals surface area contributed by atoms with E-state index in [1.807, 2.05) is 55.5 Å². The molecule has 0 heterocycles. The van der Waals surface area contributed by atoms with Crippen LogP contribution in [0.5, 0.6) is 0 Å². The normalized spacial score (nSPS) is 10.3. The summed E-state index contributed by atoms with van der Waals surface area (Å²) in [6.45, 7) is 1.68. The Morgan fingerprint density at radius 1 is 0.967 bits per heavy atom. The van der Waals surface area contributed by atoms with E-state index in [4.69, 9.17) is 4.74 Å². The predicted octanol–water partition coefficient (Wildman–Crippen LogP) is 4.29. The molecule has 3 aromatic carbocycles. The molecule has 0 aliphatic heterocycles. The summed E-state index contributed by atoms with van der Waals surface area (Å²) in [7, 11) is 0. The third-order valence-corrected chi connectivity index (χ3v) is 4.45. The quantitative estimate of drug-likeness (QED) is 0.333. The van der Waals surface area contributed by atoms with Crippen LogP contribution in [0.3, 0.4) is 0 Å². The lowest BCUT2D eigenvalue weighted by molar-refractivity contribution is -0.385. The molecular formula is C23H20N2O5. The molecule has 7 heteroatoms. The molecule has 0 aromatic heterocycles. The van der Waals surface area contributed by atoms with Crippen molar-refractivity contribution in [2.24, 2.45) is 0 Å². The van der Waals surface area contributed by atoms with E-state index < -0.39 is 23.4 Å². The highest BCUT2D eigenvalue weighted by Crippen LogP contribution is 2.21. The first-order valence-corrected chi connectivity index (χ1v) is 9.27. The number of para-hydroxylation sites is 1. The average molecular weight is 404 g/mol. The van der Waals surface area contributed by atoms with Gasteiger partial charge in [-0.2, -0.15) is 0 Å². The topological polar surface area (TPSA) is 89.8 Å². The van der Waals surface area contributed by atoms with E-state index >= 15 is 0 Å². The third kappa shape index (κ3) is 5.08. The van der Waals surface area contributed by atoms with Crippen LogP contribution in [0, 0.1) is 17.0 Å². The minimum Gasteiger partial charge on any atom is -0.452 e. The largest absolute Gasteiger partial charge is 0.452 e. The lowest BCUT2D eigenvalue weighted by atomic mass is 10.1. The second-order valence-corrected chi connectivity index (χ2v) is 6.65. The number of ether oxygens (including phenoxy) is 1. The van der Waals surface area contributed by atoms with Crippen LogP contribution < -0.4 is 4.90 Å². The Morgan fingerprint density at radius 3 is 2.37 bits per heavy atom. The van der Waals surface area contributed by atoms with E-state index in [2.05, 4.69) is 0 Å². The molecule has 0 atom stereocenters. The van der Waals surface area contributed by atoms with E-state index in [0.29, 0.717) is 12.2 Å². The van der Waals surface area contributed by atoms with Crippen LogP contribution in [-0.4, -0.2) is 23.4 Å². The molecule has 7 nitrogen and oxygen atoms in total. The molecule has 0 saturated heterocycles. The maximum Gasteiger partial charge on any atom is 0.345 e. The van der Waals surface area contributed by atoms with Gasteiger partial charge < -0.3 is 9.64 Å². The summed E-state index contributed by atoms with van der Waals surface area (Å²) in [5.74, 6) is -1.35. The van der Waals surface area contributed by atoms with Gasteiger partial charge in [-0.05, 0) is 36.2 Å². The SMILES string of the molecule is Cc1cccc(N(Cc2ccccc2)C(=O)COC(=O)c2ccccc2[N+](=O)[O-])c1. The molecule has 0 radical (unpaired) electrons. The molecule has 3 aromatic rings. The molecule has 152 valence electrons. The fourth-order valence-corrected chi connectivity index (χ4v) is 2.97. The Labute approximate surface area is 173 Å². The summed E-state index contributed by atoms with van der Waals surface area (Å²) in [5, 5.41) is 11.1. The van der Waals surface area contributed by atoms with E-state index in [9.17, 15) is 19.7 Å². The summed E-state index contributed by atoms with van der Waals surface area (Å²) < 4.78 is 5.12.